The molecule has 88 valence electrons. The topological polar surface area (TPSA) is 16.1 Å². The maximum Gasteiger partial charge on any atom is 0.0960 e. The van der Waals surface area contributed by atoms with Crippen LogP contribution >= 0.6 is 22.9 Å². The molecule has 1 aromatic heterocycles. The first kappa shape index (κ1) is 11.0. The summed E-state index contributed by atoms with van der Waals surface area (Å²) in [6, 6.07) is 1.60. The molecule has 0 N–H and O–H groups in total. The van der Waals surface area contributed by atoms with Gasteiger partial charge < -0.3 is 4.90 Å². The van der Waals surface area contributed by atoms with Gasteiger partial charge in [-0.25, -0.2) is 4.98 Å². The first-order valence-corrected chi connectivity index (χ1v) is 7.41. The van der Waals surface area contributed by atoms with Crippen molar-refractivity contribution in [3.05, 3.63) is 16.1 Å². The zero-order valence-corrected chi connectivity index (χ0v) is 11.1. The van der Waals surface area contributed by atoms with Crippen LogP contribution < -0.4 is 0 Å². The van der Waals surface area contributed by atoms with E-state index in [1.807, 2.05) is 0 Å². The van der Waals surface area contributed by atoms with E-state index in [1.54, 1.807) is 11.3 Å². The van der Waals surface area contributed by atoms with Crippen LogP contribution in [0.15, 0.2) is 5.38 Å². The van der Waals surface area contributed by atoms with E-state index in [-0.39, 0.29) is 0 Å². The lowest BCUT2D eigenvalue weighted by molar-refractivity contribution is 0.161. The summed E-state index contributed by atoms with van der Waals surface area (Å²) < 4.78 is 0. The van der Waals surface area contributed by atoms with E-state index in [9.17, 15) is 0 Å². The third-order valence-electron chi connectivity index (χ3n) is 4.15. The van der Waals surface area contributed by atoms with Crippen molar-refractivity contribution in [2.45, 2.75) is 49.6 Å². The predicted molar refractivity (Wildman–Crippen MR) is 68.2 cm³/mol. The van der Waals surface area contributed by atoms with Crippen molar-refractivity contribution >= 4 is 22.9 Å². The van der Waals surface area contributed by atoms with Gasteiger partial charge in [-0.15, -0.1) is 22.9 Å². The molecule has 3 rings (SSSR count). The van der Waals surface area contributed by atoms with E-state index in [0.717, 1.165) is 17.8 Å². The van der Waals surface area contributed by atoms with E-state index in [1.165, 1.54) is 30.7 Å². The molecular weight excluding hydrogens is 240 g/mol. The first-order valence-electron chi connectivity index (χ1n) is 6.00. The van der Waals surface area contributed by atoms with E-state index in [0.29, 0.717) is 11.8 Å². The Labute approximate surface area is 106 Å². The number of fused-ring (bicyclic) bond motifs is 2. The zero-order chi connectivity index (χ0) is 11.1. The minimum absolute atomic E-state index is 0.552. The Kier molecular flexibility index (Phi) is 2.94. The van der Waals surface area contributed by atoms with Gasteiger partial charge in [-0.05, 0) is 32.7 Å². The number of alkyl halides is 1. The molecule has 2 aliphatic rings. The van der Waals surface area contributed by atoms with Crippen LogP contribution in [0.3, 0.4) is 0 Å². The maximum atomic E-state index is 5.81. The van der Waals surface area contributed by atoms with Crippen LogP contribution in [-0.4, -0.2) is 29.0 Å². The van der Waals surface area contributed by atoms with Crippen molar-refractivity contribution in [3.8, 4) is 0 Å². The smallest absolute Gasteiger partial charge is 0.0960 e. The summed E-state index contributed by atoms with van der Waals surface area (Å²) in [6.07, 6.45) is 5.35. The molecule has 0 aliphatic carbocycles. The normalized spacial score (nSPS) is 34.5. The molecule has 2 saturated heterocycles. The Morgan fingerprint density at radius 2 is 2.12 bits per heavy atom. The standard InChI is InChI=1S/C12H17ClN2S/c1-15-10-2-3-11(15)5-8(4-10)12-14-9(6-13)7-16-12/h7-8,10-11H,2-6H2,1H3. The second-order valence-electron chi connectivity index (χ2n) is 5.03. The van der Waals surface area contributed by atoms with Gasteiger partial charge in [-0.2, -0.15) is 0 Å². The van der Waals surface area contributed by atoms with E-state index in [4.69, 9.17) is 11.6 Å². The van der Waals surface area contributed by atoms with Crippen molar-refractivity contribution in [1.29, 1.82) is 0 Å². The van der Waals surface area contributed by atoms with Gasteiger partial charge in [-0.1, -0.05) is 0 Å². The van der Waals surface area contributed by atoms with Crippen LogP contribution in [0.5, 0.6) is 0 Å². The molecule has 2 fully saturated rings. The molecule has 3 heterocycles. The molecule has 16 heavy (non-hydrogen) atoms. The number of piperidine rings is 1. The lowest BCUT2D eigenvalue weighted by Crippen LogP contribution is -2.39. The van der Waals surface area contributed by atoms with E-state index < -0.39 is 0 Å². The molecule has 2 unspecified atom stereocenters. The molecule has 2 atom stereocenters. The summed E-state index contributed by atoms with van der Waals surface area (Å²) in [5.74, 6) is 1.24. The summed E-state index contributed by atoms with van der Waals surface area (Å²) in [6.45, 7) is 0. The Bertz CT molecular complexity index is 365. The van der Waals surface area contributed by atoms with Crippen LogP contribution in [0.25, 0.3) is 0 Å². The molecule has 0 radical (unpaired) electrons. The lowest BCUT2D eigenvalue weighted by Gasteiger charge is -2.35. The molecule has 1 aromatic rings. The minimum Gasteiger partial charge on any atom is -0.300 e. The fourth-order valence-corrected chi connectivity index (χ4v) is 4.36. The van der Waals surface area contributed by atoms with Gasteiger partial charge in [0, 0.05) is 23.4 Å². The number of hydrogen-bond donors (Lipinski definition) is 0. The van der Waals surface area contributed by atoms with Crippen molar-refractivity contribution in [1.82, 2.24) is 9.88 Å². The Hall–Kier alpha value is -0.120. The molecule has 2 bridgehead atoms. The highest BCUT2D eigenvalue weighted by Crippen LogP contribution is 2.42. The average Bonchev–Trinajstić information content (AvgIpc) is 2.82. The molecule has 2 aliphatic heterocycles. The third-order valence-corrected chi connectivity index (χ3v) is 5.48. The van der Waals surface area contributed by atoms with Crippen molar-refractivity contribution in [3.63, 3.8) is 0 Å². The van der Waals surface area contributed by atoms with Gasteiger partial charge in [0.05, 0.1) is 16.6 Å². The number of nitrogens with zero attached hydrogens (tertiary/aromatic N) is 2. The van der Waals surface area contributed by atoms with Gasteiger partial charge in [-0.3, -0.25) is 0 Å². The molecule has 0 saturated carbocycles. The van der Waals surface area contributed by atoms with Crippen LogP contribution in [0, 0.1) is 0 Å². The van der Waals surface area contributed by atoms with Crippen LogP contribution in [-0.2, 0) is 5.88 Å². The van der Waals surface area contributed by atoms with Crippen molar-refractivity contribution in [2.24, 2.45) is 0 Å². The van der Waals surface area contributed by atoms with E-state index >= 15 is 0 Å². The highest BCUT2D eigenvalue weighted by molar-refractivity contribution is 7.09. The highest BCUT2D eigenvalue weighted by Gasteiger charge is 2.39. The minimum atomic E-state index is 0.552. The quantitative estimate of drug-likeness (QED) is 0.756. The summed E-state index contributed by atoms with van der Waals surface area (Å²) in [5.41, 5.74) is 1.05. The van der Waals surface area contributed by atoms with Gasteiger partial charge in [0.2, 0.25) is 0 Å². The first-order chi connectivity index (χ1) is 7.78. The van der Waals surface area contributed by atoms with Crippen LogP contribution in [0.1, 0.15) is 42.3 Å². The molecule has 0 amide bonds. The maximum absolute atomic E-state index is 5.81. The number of halogens is 1. The average molecular weight is 257 g/mol. The van der Waals surface area contributed by atoms with Crippen LogP contribution in [0.2, 0.25) is 0 Å². The second kappa shape index (κ2) is 4.28. The van der Waals surface area contributed by atoms with E-state index in [2.05, 4.69) is 22.3 Å². The lowest BCUT2D eigenvalue weighted by atomic mass is 9.92. The Morgan fingerprint density at radius 1 is 1.44 bits per heavy atom. The Morgan fingerprint density at radius 3 is 2.69 bits per heavy atom. The zero-order valence-electron chi connectivity index (χ0n) is 9.53. The Balaban J connectivity index is 1.77. The summed E-state index contributed by atoms with van der Waals surface area (Å²) in [5, 5.41) is 3.43. The summed E-state index contributed by atoms with van der Waals surface area (Å²) >= 11 is 7.61. The van der Waals surface area contributed by atoms with Gasteiger partial charge in [0.25, 0.3) is 0 Å². The number of rotatable bonds is 2. The number of aromatic nitrogens is 1. The van der Waals surface area contributed by atoms with Crippen LogP contribution in [0.4, 0.5) is 0 Å². The number of hydrogen-bond acceptors (Lipinski definition) is 3. The van der Waals surface area contributed by atoms with Gasteiger partial charge in [0.1, 0.15) is 0 Å². The largest absolute Gasteiger partial charge is 0.300 e. The summed E-state index contributed by atoms with van der Waals surface area (Å²) in [4.78, 5) is 7.22. The third kappa shape index (κ3) is 1.79. The number of thiazole rings is 1. The highest BCUT2D eigenvalue weighted by atomic mass is 35.5. The molecule has 4 heteroatoms. The van der Waals surface area contributed by atoms with Gasteiger partial charge in [0.15, 0.2) is 0 Å². The van der Waals surface area contributed by atoms with Gasteiger partial charge >= 0.3 is 0 Å². The van der Waals surface area contributed by atoms with Crippen molar-refractivity contribution < 1.29 is 0 Å². The van der Waals surface area contributed by atoms with Crippen molar-refractivity contribution in [2.75, 3.05) is 7.05 Å². The monoisotopic (exact) mass is 256 g/mol. The fraction of sp³-hybridized carbons (Fsp3) is 0.750. The fourth-order valence-electron chi connectivity index (χ4n) is 3.18. The molecule has 2 nitrogen and oxygen atoms in total. The SMILES string of the molecule is CN1C2CCC1CC(c1nc(CCl)cs1)C2. The summed E-state index contributed by atoms with van der Waals surface area (Å²) in [7, 11) is 2.28. The molecule has 0 aromatic carbocycles. The predicted octanol–water partition coefficient (Wildman–Crippen LogP) is 3.22. The second-order valence-corrected chi connectivity index (χ2v) is 6.19. The molecule has 0 spiro atoms. The molecular formula is C12H17ClN2S.